The van der Waals surface area contributed by atoms with Gasteiger partial charge in [0.2, 0.25) is 5.89 Å². The van der Waals surface area contributed by atoms with Crippen LogP contribution in [0.3, 0.4) is 0 Å². The Morgan fingerprint density at radius 2 is 1.86 bits per heavy atom. The monoisotopic (exact) mass is 294 g/mol. The van der Waals surface area contributed by atoms with Crippen molar-refractivity contribution < 1.29 is 9.15 Å². The first-order valence-electron chi connectivity index (χ1n) is 7.38. The van der Waals surface area contributed by atoms with Crippen LogP contribution in [-0.4, -0.2) is 10.2 Å². The summed E-state index contributed by atoms with van der Waals surface area (Å²) in [6.07, 6.45) is 0.512. The number of rotatable bonds is 5. The molecule has 4 nitrogen and oxygen atoms in total. The standard InChI is InChI=1S/C18H18N2O2/c1-3-16(21-15-10-5-4-6-11-15)18-20-19-17(22-18)14-9-7-8-13(2)12-14/h4-12,16H,3H2,1-2H3. The highest BCUT2D eigenvalue weighted by Gasteiger charge is 2.19. The number of ether oxygens (including phenoxy) is 1. The van der Waals surface area contributed by atoms with Crippen LogP contribution in [0.2, 0.25) is 0 Å². The lowest BCUT2D eigenvalue weighted by molar-refractivity contribution is 0.166. The molecule has 0 amide bonds. The summed E-state index contributed by atoms with van der Waals surface area (Å²) in [5, 5.41) is 8.29. The first kappa shape index (κ1) is 14.3. The van der Waals surface area contributed by atoms with Crippen LogP contribution in [0.1, 0.15) is 30.9 Å². The Labute approximate surface area is 129 Å². The molecule has 0 saturated carbocycles. The Kier molecular flexibility index (Phi) is 4.19. The van der Waals surface area contributed by atoms with Gasteiger partial charge in [-0.25, -0.2) is 0 Å². The third-order valence-corrected chi connectivity index (χ3v) is 3.37. The van der Waals surface area contributed by atoms with Gasteiger partial charge in [-0.05, 0) is 37.6 Å². The molecule has 22 heavy (non-hydrogen) atoms. The zero-order valence-electron chi connectivity index (χ0n) is 12.7. The Balaban J connectivity index is 1.82. The number of aryl methyl sites for hydroxylation is 1. The summed E-state index contributed by atoms with van der Waals surface area (Å²) in [6.45, 7) is 4.07. The maximum atomic E-state index is 5.93. The molecule has 0 aliphatic rings. The summed E-state index contributed by atoms with van der Waals surface area (Å²) in [5.74, 6) is 1.82. The molecular weight excluding hydrogens is 276 g/mol. The fourth-order valence-electron chi connectivity index (χ4n) is 2.23. The zero-order valence-corrected chi connectivity index (χ0v) is 12.7. The predicted molar refractivity (Wildman–Crippen MR) is 84.6 cm³/mol. The number of hydrogen-bond donors (Lipinski definition) is 0. The van der Waals surface area contributed by atoms with E-state index in [4.69, 9.17) is 9.15 Å². The van der Waals surface area contributed by atoms with E-state index in [-0.39, 0.29) is 6.10 Å². The van der Waals surface area contributed by atoms with Crippen LogP contribution < -0.4 is 4.74 Å². The lowest BCUT2D eigenvalue weighted by Gasteiger charge is -2.13. The van der Waals surface area contributed by atoms with Gasteiger partial charge in [0, 0.05) is 5.56 Å². The molecule has 0 N–H and O–H groups in total. The third-order valence-electron chi connectivity index (χ3n) is 3.37. The highest BCUT2D eigenvalue weighted by molar-refractivity contribution is 5.53. The second-order valence-corrected chi connectivity index (χ2v) is 5.14. The van der Waals surface area contributed by atoms with Crippen LogP contribution in [0.25, 0.3) is 11.5 Å². The van der Waals surface area contributed by atoms with Crippen LogP contribution in [-0.2, 0) is 0 Å². The van der Waals surface area contributed by atoms with Crippen LogP contribution in [0.5, 0.6) is 5.75 Å². The van der Waals surface area contributed by atoms with Gasteiger partial charge in [-0.15, -0.1) is 10.2 Å². The topological polar surface area (TPSA) is 48.2 Å². The van der Waals surface area contributed by atoms with Crippen molar-refractivity contribution >= 4 is 0 Å². The third kappa shape index (κ3) is 3.17. The predicted octanol–water partition coefficient (Wildman–Crippen LogP) is 4.58. The summed E-state index contributed by atoms with van der Waals surface area (Å²) in [5.41, 5.74) is 2.08. The number of benzene rings is 2. The van der Waals surface area contributed by atoms with E-state index in [1.807, 2.05) is 68.4 Å². The van der Waals surface area contributed by atoms with Gasteiger partial charge in [0.05, 0.1) is 0 Å². The zero-order chi connectivity index (χ0) is 15.4. The van der Waals surface area contributed by atoms with E-state index in [1.165, 1.54) is 0 Å². The maximum Gasteiger partial charge on any atom is 0.257 e. The molecule has 0 spiro atoms. The van der Waals surface area contributed by atoms with Crippen molar-refractivity contribution in [2.45, 2.75) is 26.4 Å². The van der Waals surface area contributed by atoms with Crippen molar-refractivity contribution in [2.75, 3.05) is 0 Å². The van der Waals surface area contributed by atoms with Crippen molar-refractivity contribution in [1.29, 1.82) is 0 Å². The molecule has 4 heteroatoms. The Hall–Kier alpha value is -2.62. The summed E-state index contributed by atoms with van der Waals surface area (Å²) >= 11 is 0. The van der Waals surface area contributed by atoms with E-state index >= 15 is 0 Å². The number of hydrogen-bond acceptors (Lipinski definition) is 4. The van der Waals surface area contributed by atoms with Gasteiger partial charge in [-0.2, -0.15) is 0 Å². The van der Waals surface area contributed by atoms with E-state index in [9.17, 15) is 0 Å². The normalized spacial score (nSPS) is 12.1. The molecule has 112 valence electrons. The van der Waals surface area contributed by atoms with Crippen LogP contribution in [0.4, 0.5) is 0 Å². The van der Waals surface area contributed by atoms with Gasteiger partial charge in [0.1, 0.15) is 5.75 Å². The van der Waals surface area contributed by atoms with Gasteiger partial charge in [-0.3, -0.25) is 0 Å². The van der Waals surface area contributed by atoms with Gasteiger partial charge in [0.15, 0.2) is 6.10 Å². The number of nitrogens with zero attached hydrogens (tertiary/aromatic N) is 2. The summed E-state index contributed by atoms with van der Waals surface area (Å²) in [6, 6.07) is 17.7. The molecule has 1 heterocycles. The maximum absolute atomic E-state index is 5.93. The Morgan fingerprint density at radius 1 is 1.05 bits per heavy atom. The van der Waals surface area contributed by atoms with Crippen molar-refractivity contribution in [2.24, 2.45) is 0 Å². The molecule has 3 rings (SSSR count). The number of para-hydroxylation sites is 1. The molecule has 0 aliphatic carbocycles. The van der Waals surface area contributed by atoms with Crippen LogP contribution >= 0.6 is 0 Å². The van der Waals surface area contributed by atoms with Crippen molar-refractivity contribution in [3.8, 4) is 17.2 Å². The summed E-state index contributed by atoms with van der Waals surface area (Å²) < 4.78 is 11.7. The lowest BCUT2D eigenvalue weighted by Crippen LogP contribution is -2.06. The molecule has 0 radical (unpaired) electrons. The minimum atomic E-state index is -0.242. The SMILES string of the molecule is CCC(Oc1ccccc1)c1nnc(-c2cccc(C)c2)o1. The van der Waals surface area contributed by atoms with Gasteiger partial charge in [0.25, 0.3) is 5.89 Å². The average Bonchev–Trinajstić information content (AvgIpc) is 3.03. The minimum absolute atomic E-state index is 0.242. The highest BCUT2D eigenvalue weighted by atomic mass is 16.5. The van der Waals surface area contributed by atoms with Crippen LogP contribution in [0.15, 0.2) is 59.0 Å². The molecule has 3 aromatic rings. The fourth-order valence-corrected chi connectivity index (χ4v) is 2.23. The Bertz CT molecular complexity index is 738. The van der Waals surface area contributed by atoms with Crippen molar-refractivity contribution in [3.05, 3.63) is 66.1 Å². The summed E-state index contributed by atoms with van der Waals surface area (Å²) in [4.78, 5) is 0. The highest BCUT2D eigenvalue weighted by Crippen LogP contribution is 2.26. The molecule has 2 aromatic carbocycles. The van der Waals surface area contributed by atoms with E-state index in [0.717, 1.165) is 23.3 Å². The molecule has 1 atom stereocenters. The first-order valence-corrected chi connectivity index (χ1v) is 7.38. The Morgan fingerprint density at radius 3 is 2.59 bits per heavy atom. The molecule has 0 aliphatic heterocycles. The van der Waals surface area contributed by atoms with E-state index in [2.05, 4.69) is 10.2 Å². The molecule has 1 aromatic heterocycles. The van der Waals surface area contributed by atoms with Crippen molar-refractivity contribution in [1.82, 2.24) is 10.2 Å². The average molecular weight is 294 g/mol. The van der Waals surface area contributed by atoms with Gasteiger partial charge < -0.3 is 9.15 Å². The second kappa shape index (κ2) is 6.43. The second-order valence-electron chi connectivity index (χ2n) is 5.14. The smallest absolute Gasteiger partial charge is 0.257 e. The molecule has 0 bridgehead atoms. The van der Waals surface area contributed by atoms with Gasteiger partial charge in [-0.1, -0.05) is 42.8 Å². The van der Waals surface area contributed by atoms with Gasteiger partial charge >= 0.3 is 0 Å². The van der Waals surface area contributed by atoms with E-state index in [0.29, 0.717) is 11.8 Å². The van der Waals surface area contributed by atoms with Crippen molar-refractivity contribution in [3.63, 3.8) is 0 Å². The summed E-state index contributed by atoms with van der Waals surface area (Å²) in [7, 11) is 0. The van der Waals surface area contributed by atoms with Crippen LogP contribution in [0, 0.1) is 6.92 Å². The molecular formula is C18H18N2O2. The first-order chi connectivity index (χ1) is 10.8. The molecule has 0 fully saturated rings. The molecule has 1 unspecified atom stereocenters. The fraction of sp³-hybridized carbons (Fsp3) is 0.222. The largest absolute Gasteiger partial charge is 0.481 e. The molecule has 0 saturated heterocycles. The van der Waals surface area contributed by atoms with E-state index in [1.54, 1.807) is 0 Å². The van der Waals surface area contributed by atoms with E-state index < -0.39 is 0 Å². The quantitative estimate of drug-likeness (QED) is 0.691. The lowest BCUT2D eigenvalue weighted by atomic mass is 10.1. The minimum Gasteiger partial charge on any atom is -0.481 e. The number of aromatic nitrogens is 2.